The third kappa shape index (κ3) is 5.06. The van der Waals surface area contributed by atoms with Gasteiger partial charge in [-0.2, -0.15) is 0 Å². The van der Waals surface area contributed by atoms with Gasteiger partial charge in [0.25, 0.3) is 0 Å². The van der Waals surface area contributed by atoms with Crippen LogP contribution >= 0.6 is 0 Å². The maximum atomic E-state index is 6.59. The summed E-state index contributed by atoms with van der Waals surface area (Å²) in [6.45, 7) is 0. The van der Waals surface area contributed by atoms with Crippen molar-refractivity contribution in [2.45, 2.75) is 5.41 Å². The Balaban J connectivity index is 1.06. The third-order valence-electron chi connectivity index (χ3n) is 11.7. The Bertz CT molecular complexity index is 3220. The maximum absolute atomic E-state index is 6.59. The van der Waals surface area contributed by atoms with Crippen LogP contribution in [0.25, 0.3) is 73.4 Å². The van der Waals surface area contributed by atoms with E-state index in [9.17, 15) is 0 Å². The summed E-state index contributed by atoms with van der Waals surface area (Å²) in [5, 5.41) is 0. The number of hydrogen-bond acceptors (Lipinski definition) is 5. The molecule has 2 aliphatic rings. The number of ether oxygens (including phenoxy) is 1. The van der Waals surface area contributed by atoms with Gasteiger partial charge in [0.05, 0.1) is 16.4 Å². The summed E-state index contributed by atoms with van der Waals surface area (Å²) >= 11 is 0. The first-order valence-corrected chi connectivity index (χ1v) is 19.8. The molecule has 0 saturated carbocycles. The quantitative estimate of drug-likeness (QED) is 0.175. The van der Waals surface area contributed by atoms with Crippen LogP contribution in [-0.4, -0.2) is 24.5 Å². The lowest BCUT2D eigenvalue weighted by molar-refractivity contribution is 0.436. The van der Waals surface area contributed by atoms with Gasteiger partial charge in [-0.25, -0.2) is 19.9 Å². The SMILES string of the molecule is c1ccc(-c2nc(-c3cccc(-c4nc5ccccc5n4-c4ccccc4)c3)nc(-c3ccc4c(c3)C3(c5ccccc5Oc5ccccc53)c3ccccc3-4)n2)cc1. The van der Waals surface area contributed by atoms with Crippen LogP contribution in [0.1, 0.15) is 22.3 Å². The van der Waals surface area contributed by atoms with Crippen molar-refractivity contribution >= 4 is 11.0 Å². The smallest absolute Gasteiger partial charge is 0.164 e. The molecular formula is C53H33N5O. The van der Waals surface area contributed by atoms with Gasteiger partial charge in [-0.05, 0) is 70.8 Å². The topological polar surface area (TPSA) is 65.7 Å². The van der Waals surface area contributed by atoms with Crippen LogP contribution in [0, 0.1) is 0 Å². The van der Waals surface area contributed by atoms with Gasteiger partial charge in [-0.3, -0.25) is 4.57 Å². The van der Waals surface area contributed by atoms with Crippen molar-refractivity contribution < 1.29 is 4.74 Å². The molecule has 8 aromatic carbocycles. The Labute approximate surface area is 340 Å². The second-order valence-electron chi connectivity index (χ2n) is 15.0. The highest BCUT2D eigenvalue weighted by Crippen LogP contribution is 2.62. The van der Waals surface area contributed by atoms with Crippen LogP contribution in [0.2, 0.25) is 0 Å². The van der Waals surface area contributed by atoms with E-state index in [1.807, 2.05) is 54.6 Å². The van der Waals surface area contributed by atoms with E-state index in [0.717, 1.165) is 67.4 Å². The van der Waals surface area contributed by atoms with Crippen LogP contribution in [0.5, 0.6) is 11.5 Å². The number of imidazole rings is 1. The highest BCUT2D eigenvalue weighted by atomic mass is 16.5. The van der Waals surface area contributed by atoms with Crippen LogP contribution in [0.3, 0.4) is 0 Å². The van der Waals surface area contributed by atoms with Crippen molar-refractivity contribution in [2.24, 2.45) is 0 Å². The lowest BCUT2D eigenvalue weighted by Crippen LogP contribution is -2.32. The number of nitrogens with zero attached hydrogens (tertiary/aromatic N) is 5. The molecule has 6 nitrogen and oxygen atoms in total. The lowest BCUT2D eigenvalue weighted by Gasteiger charge is -2.39. The Morgan fingerprint density at radius 1 is 0.373 bits per heavy atom. The van der Waals surface area contributed by atoms with Gasteiger partial charge in [0, 0.05) is 39.1 Å². The molecular weight excluding hydrogens is 723 g/mol. The van der Waals surface area contributed by atoms with Crippen molar-refractivity contribution in [2.75, 3.05) is 0 Å². The fraction of sp³-hybridized carbons (Fsp3) is 0.0189. The zero-order chi connectivity index (χ0) is 38.9. The second kappa shape index (κ2) is 13.0. The molecule has 10 aromatic rings. The van der Waals surface area contributed by atoms with Crippen LogP contribution in [-0.2, 0) is 5.41 Å². The van der Waals surface area contributed by atoms with E-state index in [1.165, 1.54) is 22.3 Å². The van der Waals surface area contributed by atoms with Crippen LogP contribution in [0.4, 0.5) is 0 Å². The molecule has 0 unspecified atom stereocenters. The van der Waals surface area contributed by atoms with Gasteiger partial charge in [0.2, 0.25) is 0 Å². The Morgan fingerprint density at radius 3 is 1.66 bits per heavy atom. The monoisotopic (exact) mass is 755 g/mol. The van der Waals surface area contributed by atoms with E-state index >= 15 is 0 Å². The summed E-state index contributed by atoms with van der Waals surface area (Å²) in [7, 11) is 0. The van der Waals surface area contributed by atoms with Crippen LogP contribution in [0.15, 0.2) is 200 Å². The van der Waals surface area contributed by atoms with E-state index < -0.39 is 5.41 Å². The number of hydrogen-bond donors (Lipinski definition) is 0. The van der Waals surface area contributed by atoms with Gasteiger partial charge in [-0.15, -0.1) is 0 Å². The molecule has 12 rings (SSSR count). The molecule has 1 spiro atoms. The fourth-order valence-electron chi connectivity index (χ4n) is 9.20. The number of benzene rings is 8. The van der Waals surface area contributed by atoms with Crippen molar-refractivity contribution in [3.8, 4) is 73.9 Å². The zero-order valence-corrected chi connectivity index (χ0v) is 31.7. The second-order valence-corrected chi connectivity index (χ2v) is 15.0. The number of fused-ring (bicyclic) bond motifs is 10. The first-order valence-electron chi connectivity index (χ1n) is 19.8. The normalized spacial score (nSPS) is 13.0. The van der Waals surface area contributed by atoms with E-state index in [2.05, 4.69) is 150 Å². The minimum atomic E-state index is -0.607. The van der Waals surface area contributed by atoms with E-state index in [0.29, 0.717) is 17.5 Å². The van der Waals surface area contributed by atoms with Gasteiger partial charge < -0.3 is 4.74 Å². The highest BCUT2D eigenvalue weighted by molar-refractivity contribution is 5.90. The minimum absolute atomic E-state index is 0.582. The van der Waals surface area contributed by atoms with E-state index in [4.69, 9.17) is 24.7 Å². The largest absolute Gasteiger partial charge is 0.457 e. The van der Waals surface area contributed by atoms with Gasteiger partial charge in [0.1, 0.15) is 17.3 Å². The molecule has 2 aromatic heterocycles. The fourth-order valence-corrected chi connectivity index (χ4v) is 9.20. The first kappa shape index (κ1) is 33.2. The van der Waals surface area contributed by atoms with Gasteiger partial charge in [-0.1, -0.05) is 152 Å². The maximum Gasteiger partial charge on any atom is 0.164 e. The standard InChI is InChI=1S/C53H33N5O/c1-3-16-34(17-4-1)49-55-50(35-18-15-19-37(32-35)52-54-45-26-11-12-27-46(45)58(52)38-20-5-2-6-21-38)57-51(56-49)36-30-31-40-39-22-7-8-23-41(39)53(44(40)33-36)42-24-9-13-28-47(42)59-48-29-14-10-25-43(48)53/h1-33H. The molecule has 0 N–H and O–H groups in total. The molecule has 0 fully saturated rings. The summed E-state index contributed by atoms with van der Waals surface area (Å²) < 4.78 is 8.81. The van der Waals surface area contributed by atoms with Gasteiger partial charge in [0.15, 0.2) is 17.5 Å². The molecule has 6 heteroatoms. The summed E-state index contributed by atoms with van der Waals surface area (Å²) in [6, 6.07) is 69.4. The van der Waals surface area contributed by atoms with Crippen molar-refractivity contribution in [3.63, 3.8) is 0 Å². The van der Waals surface area contributed by atoms with E-state index in [-0.39, 0.29) is 0 Å². The van der Waals surface area contributed by atoms with E-state index in [1.54, 1.807) is 0 Å². The predicted molar refractivity (Wildman–Crippen MR) is 234 cm³/mol. The van der Waals surface area contributed by atoms with Gasteiger partial charge >= 0.3 is 0 Å². The zero-order valence-electron chi connectivity index (χ0n) is 31.7. The molecule has 1 aliphatic carbocycles. The third-order valence-corrected chi connectivity index (χ3v) is 11.7. The molecule has 0 saturated heterocycles. The van der Waals surface area contributed by atoms with Crippen LogP contribution < -0.4 is 4.74 Å². The Kier molecular flexibility index (Phi) is 7.34. The first-order chi connectivity index (χ1) is 29.2. The molecule has 0 amide bonds. The molecule has 1 aliphatic heterocycles. The molecule has 3 heterocycles. The highest BCUT2D eigenvalue weighted by Gasteiger charge is 2.51. The summed E-state index contributed by atoms with van der Waals surface area (Å²) in [6.07, 6.45) is 0. The number of para-hydroxylation sites is 5. The summed E-state index contributed by atoms with van der Waals surface area (Å²) in [4.78, 5) is 20.8. The average molecular weight is 756 g/mol. The summed E-state index contributed by atoms with van der Waals surface area (Å²) in [5.41, 5.74) is 13.1. The molecule has 0 atom stereocenters. The number of aromatic nitrogens is 5. The molecule has 0 radical (unpaired) electrons. The van der Waals surface area contributed by atoms with Crippen molar-refractivity contribution in [1.29, 1.82) is 0 Å². The predicted octanol–water partition coefficient (Wildman–Crippen LogP) is 12.3. The average Bonchev–Trinajstić information content (AvgIpc) is 3.84. The minimum Gasteiger partial charge on any atom is -0.457 e. The Morgan fingerprint density at radius 2 is 0.915 bits per heavy atom. The molecule has 276 valence electrons. The Hall–Kier alpha value is -7.96. The molecule has 0 bridgehead atoms. The molecule has 59 heavy (non-hydrogen) atoms. The van der Waals surface area contributed by atoms with Crippen molar-refractivity contribution in [1.82, 2.24) is 24.5 Å². The number of rotatable bonds is 5. The lowest BCUT2D eigenvalue weighted by atomic mass is 9.66. The summed E-state index contributed by atoms with van der Waals surface area (Å²) in [5.74, 6) is 4.34. The van der Waals surface area contributed by atoms with Crippen molar-refractivity contribution in [3.05, 3.63) is 222 Å².